The van der Waals surface area contributed by atoms with Crippen molar-refractivity contribution in [3.63, 3.8) is 0 Å². The summed E-state index contributed by atoms with van der Waals surface area (Å²) in [7, 11) is 0. The maximum atomic E-state index is 11.5. The summed E-state index contributed by atoms with van der Waals surface area (Å²) in [5.74, 6) is -0.0364. The van der Waals surface area contributed by atoms with Crippen LogP contribution in [-0.2, 0) is 4.79 Å². The third-order valence-electron chi connectivity index (χ3n) is 1.71. The minimum atomic E-state index is -0.302. The van der Waals surface area contributed by atoms with E-state index < -0.39 is 0 Å². The Morgan fingerprint density at radius 3 is 2.33 bits per heavy atom. The molecule has 0 aromatic carbocycles. The molecule has 0 saturated carbocycles. The maximum Gasteiger partial charge on any atom is 0.242 e. The Labute approximate surface area is 97.2 Å². The molecule has 0 fully saturated rings. The molecule has 0 aliphatic heterocycles. The van der Waals surface area contributed by atoms with Crippen LogP contribution in [0.4, 0.5) is 0 Å². The Morgan fingerprint density at radius 2 is 1.87 bits per heavy atom. The van der Waals surface area contributed by atoms with Crippen molar-refractivity contribution >= 4 is 23.2 Å². The molecule has 0 aromatic rings. The first-order chi connectivity index (χ1) is 6.97. The third kappa shape index (κ3) is 7.13. The third-order valence-corrected chi connectivity index (χ3v) is 1.97. The highest BCUT2D eigenvalue weighted by atomic mass is 32.1. The first-order valence-electron chi connectivity index (χ1n) is 5.32. The number of carbonyl (C=O) groups is 1. The van der Waals surface area contributed by atoms with E-state index in [4.69, 9.17) is 12.2 Å². The zero-order valence-electron chi connectivity index (χ0n) is 9.89. The van der Waals surface area contributed by atoms with Crippen LogP contribution in [0, 0.1) is 0 Å². The molecule has 1 amide bonds. The van der Waals surface area contributed by atoms with E-state index in [1.807, 2.05) is 13.8 Å². The SMILES string of the molecule is CCCNC(=S)NC(C)C(=O)NC(C)C. The van der Waals surface area contributed by atoms with Gasteiger partial charge >= 0.3 is 0 Å². The molecule has 4 nitrogen and oxygen atoms in total. The number of thiocarbonyl (C=S) groups is 1. The maximum absolute atomic E-state index is 11.5. The highest BCUT2D eigenvalue weighted by Gasteiger charge is 2.13. The lowest BCUT2D eigenvalue weighted by Gasteiger charge is -2.17. The van der Waals surface area contributed by atoms with Crippen LogP contribution in [-0.4, -0.2) is 29.6 Å². The fraction of sp³-hybridized carbons (Fsp3) is 0.800. The zero-order chi connectivity index (χ0) is 11.8. The highest BCUT2D eigenvalue weighted by Crippen LogP contribution is 1.85. The minimum absolute atomic E-state index is 0.0364. The second-order valence-corrected chi connectivity index (χ2v) is 4.19. The van der Waals surface area contributed by atoms with Gasteiger partial charge in [0.2, 0.25) is 5.91 Å². The second-order valence-electron chi connectivity index (χ2n) is 3.79. The molecule has 0 bridgehead atoms. The standard InChI is InChI=1S/C10H21N3OS/c1-5-6-11-10(15)13-8(4)9(14)12-7(2)3/h7-8H,5-6H2,1-4H3,(H,12,14)(H2,11,13,15). The molecule has 3 N–H and O–H groups in total. The van der Waals surface area contributed by atoms with Gasteiger partial charge in [-0.3, -0.25) is 4.79 Å². The molecule has 1 unspecified atom stereocenters. The Morgan fingerprint density at radius 1 is 1.27 bits per heavy atom. The number of hydrogen-bond acceptors (Lipinski definition) is 2. The molecule has 0 aliphatic rings. The van der Waals surface area contributed by atoms with Gasteiger partial charge in [0.05, 0.1) is 0 Å². The summed E-state index contributed by atoms with van der Waals surface area (Å²) < 4.78 is 0. The first-order valence-corrected chi connectivity index (χ1v) is 5.73. The van der Waals surface area contributed by atoms with Crippen LogP contribution in [0.25, 0.3) is 0 Å². The van der Waals surface area contributed by atoms with E-state index in [1.165, 1.54) is 0 Å². The van der Waals surface area contributed by atoms with Gasteiger partial charge in [-0.05, 0) is 39.4 Å². The van der Waals surface area contributed by atoms with Crippen LogP contribution in [0.1, 0.15) is 34.1 Å². The van der Waals surface area contributed by atoms with Crippen molar-refractivity contribution in [1.29, 1.82) is 0 Å². The van der Waals surface area contributed by atoms with E-state index in [0.29, 0.717) is 5.11 Å². The first kappa shape index (κ1) is 14.2. The predicted molar refractivity (Wildman–Crippen MR) is 66.8 cm³/mol. The van der Waals surface area contributed by atoms with Gasteiger partial charge in [0.25, 0.3) is 0 Å². The predicted octanol–water partition coefficient (Wildman–Crippen LogP) is 0.774. The zero-order valence-corrected chi connectivity index (χ0v) is 10.7. The highest BCUT2D eigenvalue weighted by molar-refractivity contribution is 7.80. The van der Waals surface area contributed by atoms with Gasteiger partial charge in [-0.25, -0.2) is 0 Å². The number of amides is 1. The molecule has 0 saturated heterocycles. The molecule has 0 aromatic heterocycles. The van der Waals surface area contributed by atoms with Gasteiger partial charge < -0.3 is 16.0 Å². The van der Waals surface area contributed by atoms with E-state index >= 15 is 0 Å². The Balaban J connectivity index is 3.85. The lowest BCUT2D eigenvalue weighted by atomic mass is 10.3. The minimum Gasteiger partial charge on any atom is -0.363 e. The molecule has 0 heterocycles. The molecule has 5 heteroatoms. The van der Waals surface area contributed by atoms with E-state index in [-0.39, 0.29) is 18.0 Å². The van der Waals surface area contributed by atoms with Crippen LogP contribution >= 0.6 is 12.2 Å². The summed E-state index contributed by atoms with van der Waals surface area (Å²) in [5.41, 5.74) is 0. The fourth-order valence-electron chi connectivity index (χ4n) is 0.961. The number of carbonyl (C=O) groups excluding carboxylic acids is 1. The molecule has 88 valence electrons. The fourth-order valence-corrected chi connectivity index (χ4v) is 1.24. The lowest BCUT2D eigenvalue weighted by molar-refractivity contribution is -0.122. The van der Waals surface area contributed by atoms with Crippen molar-refractivity contribution in [3.05, 3.63) is 0 Å². The van der Waals surface area contributed by atoms with Crippen LogP contribution in [0.2, 0.25) is 0 Å². The normalized spacial score (nSPS) is 12.1. The van der Waals surface area contributed by atoms with E-state index in [0.717, 1.165) is 13.0 Å². The summed E-state index contributed by atoms with van der Waals surface area (Å²) in [6, 6.07) is -0.150. The lowest BCUT2D eigenvalue weighted by Crippen LogP contribution is -2.49. The second kappa shape index (κ2) is 7.45. The molecular formula is C10H21N3OS. The molecule has 0 radical (unpaired) electrons. The summed E-state index contributed by atoms with van der Waals surface area (Å²) in [6.45, 7) is 8.53. The van der Waals surface area contributed by atoms with Gasteiger partial charge in [-0.2, -0.15) is 0 Å². The topological polar surface area (TPSA) is 53.2 Å². The van der Waals surface area contributed by atoms with Gasteiger partial charge in [0.15, 0.2) is 5.11 Å². The summed E-state index contributed by atoms with van der Waals surface area (Å²) in [4.78, 5) is 11.5. The van der Waals surface area contributed by atoms with Gasteiger partial charge in [-0.1, -0.05) is 6.92 Å². The van der Waals surface area contributed by atoms with Crippen molar-refractivity contribution in [1.82, 2.24) is 16.0 Å². The van der Waals surface area contributed by atoms with Crippen molar-refractivity contribution < 1.29 is 4.79 Å². The van der Waals surface area contributed by atoms with Crippen molar-refractivity contribution in [3.8, 4) is 0 Å². The van der Waals surface area contributed by atoms with Crippen molar-refractivity contribution in [2.24, 2.45) is 0 Å². The number of hydrogen-bond donors (Lipinski definition) is 3. The molecule has 0 rings (SSSR count). The molecular weight excluding hydrogens is 210 g/mol. The van der Waals surface area contributed by atoms with Crippen LogP contribution in [0.3, 0.4) is 0 Å². The van der Waals surface area contributed by atoms with E-state index in [1.54, 1.807) is 6.92 Å². The average molecular weight is 231 g/mol. The monoisotopic (exact) mass is 231 g/mol. The summed E-state index contributed by atoms with van der Waals surface area (Å²) in [5, 5.41) is 9.29. The smallest absolute Gasteiger partial charge is 0.242 e. The average Bonchev–Trinajstić information content (AvgIpc) is 2.13. The van der Waals surface area contributed by atoms with Crippen molar-refractivity contribution in [2.75, 3.05) is 6.54 Å². The van der Waals surface area contributed by atoms with Crippen LogP contribution in [0.15, 0.2) is 0 Å². The van der Waals surface area contributed by atoms with Crippen LogP contribution < -0.4 is 16.0 Å². The summed E-state index contributed by atoms with van der Waals surface area (Å²) in [6.07, 6.45) is 1.01. The van der Waals surface area contributed by atoms with Gasteiger partial charge in [-0.15, -0.1) is 0 Å². The quantitative estimate of drug-likeness (QED) is 0.612. The van der Waals surface area contributed by atoms with E-state index in [2.05, 4.69) is 22.9 Å². The van der Waals surface area contributed by atoms with Gasteiger partial charge in [0, 0.05) is 12.6 Å². The number of nitrogens with one attached hydrogen (secondary N) is 3. The van der Waals surface area contributed by atoms with Gasteiger partial charge in [0.1, 0.15) is 6.04 Å². The molecule has 0 spiro atoms. The van der Waals surface area contributed by atoms with Crippen LogP contribution in [0.5, 0.6) is 0 Å². The molecule has 15 heavy (non-hydrogen) atoms. The summed E-state index contributed by atoms with van der Waals surface area (Å²) >= 11 is 5.03. The largest absolute Gasteiger partial charge is 0.363 e. The Kier molecular flexibility index (Phi) is 7.03. The van der Waals surface area contributed by atoms with Crippen molar-refractivity contribution in [2.45, 2.75) is 46.2 Å². The molecule has 1 atom stereocenters. The Hall–Kier alpha value is -0.840. The Bertz CT molecular complexity index is 219. The van der Waals surface area contributed by atoms with E-state index in [9.17, 15) is 4.79 Å². The molecule has 0 aliphatic carbocycles. The number of rotatable bonds is 5.